The Morgan fingerprint density at radius 2 is 2.00 bits per heavy atom. The molecule has 2 atom stereocenters. The fourth-order valence-corrected chi connectivity index (χ4v) is 4.00. The first-order chi connectivity index (χ1) is 12.7. The van der Waals surface area contributed by atoms with E-state index >= 15 is 0 Å². The van der Waals surface area contributed by atoms with E-state index in [1.807, 2.05) is 12.1 Å². The van der Waals surface area contributed by atoms with E-state index < -0.39 is 0 Å². The molecule has 1 aliphatic heterocycles. The van der Waals surface area contributed by atoms with Gasteiger partial charge >= 0.3 is 0 Å². The molecule has 2 aromatic rings. The van der Waals surface area contributed by atoms with E-state index in [0.29, 0.717) is 19.3 Å². The Morgan fingerprint density at radius 3 is 2.77 bits per heavy atom. The molecule has 0 bridgehead atoms. The molecule has 4 rings (SSSR count). The molecular weight excluding hydrogens is 328 g/mol. The zero-order valence-corrected chi connectivity index (χ0v) is 15.2. The molecule has 0 radical (unpaired) electrons. The van der Waals surface area contributed by atoms with Gasteiger partial charge in [-0.25, -0.2) is 4.68 Å². The van der Waals surface area contributed by atoms with Crippen LogP contribution >= 0.6 is 0 Å². The molecule has 0 amide bonds. The summed E-state index contributed by atoms with van der Waals surface area (Å²) in [4.78, 5) is 16.6. The number of nitrogens with one attached hydrogen (secondary N) is 1. The first kappa shape index (κ1) is 17.4. The second-order valence-corrected chi connectivity index (χ2v) is 7.58. The first-order valence-corrected chi connectivity index (χ1v) is 9.55. The third-order valence-electron chi connectivity index (χ3n) is 5.61. The number of aromatic nitrogens is 3. The lowest BCUT2D eigenvalue weighted by atomic mass is 9.87. The lowest BCUT2D eigenvalue weighted by molar-refractivity contribution is 0.178. The maximum Gasteiger partial charge on any atom is 0.267 e. The standard InChI is InChI=1S/C20H26N4O2/c1-14-4-6-16(7-5-14)22-18-12-26-13-19(18)24-20(25)9-8-17(23-24)15-3-2-10-21-11-15/h2-3,8-11,14,16,18-19,22H,4-7,12-13H2,1H3. The summed E-state index contributed by atoms with van der Waals surface area (Å²) >= 11 is 0. The summed E-state index contributed by atoms with van der Waals surface area (Å²) in [6.07, 6.45) is 8.43. The number of hydrogen-bond acceptors (Lipinski definition) is 5. The monoisotopic (exact) mass is 354 g/mol. The van der Waals surface area contributed by atoms with E-state index in [1.54, 1.807) is 29.2 Å². The Labute approximate surface area is 153 Å². The molecule has 6 heteroatoms. The van der Waals surface area contributed by atoms with E-state index in [4.69, 9.17) is 4.74 Å². The van der Waals surface area contributed by atoms with Crippen molar-refractivity contribution < 1.29 is 4.74 Å². The fraction of sp³-hybridized carbons (Fsp3) is 0.550. The lowest BCUT2D eigenvalue weighted by Crippen LogP contribution is -2.46. The van der Waals surface area contributed by atoms with Crippen molar-refractivity contribution in [2.24, 2.45) is 5.92 Å². The Kier molecular flexibility index (Phi) is 5.13. The van der Waals surface area contributed by atoms with Crippen LogP contribution in [0.1, 0.15) is 38.6 Å². The van der Waals surface area contributed by atoms with Crippen LogP contribution in [0.3, 0.4) is 0 Å². The van der Waals surface area contributed by atoms with Gasteiger partial charge in [-0.3, -0.25) is 9.78 Å². The van der Waals surface area contributed by atoms with Crippen LogP contribution < -0.4 is 10.9 Å². The van der Waals surface area contributed by atoms with Crippen molar-refractivity contribution in [3.8, 4) is 11.3 Å². The molecule has 3 heterocycles. The van der Waals surface area contributed by atoms with Crippen LogP contribution in [-0.2, 0) is 4.74 Å². The number of rotatable bonds is 4. The number of pyridine rings is 1. The van der Waals surface area contributed by atoms with Gasteiger partial charge in [0.15, 0.2) is 0 Å². The molecule has 26 heavy (non-hydrogen) atoms. The minimum atomic E-state index is -0.0859. The average molecular weight is 354 g/mol. The van der Waals surface area contributed by atoms with Crippen molar-refractivity contribution in [1.29, 1.82) is 0 Å². The molecule has 2 aromatic heterocycles. The van der Waals surface area contributed by atoms with E-state index in [1.165, 1.54) is 25.7 Å². The zero-order valence-electron chi connectivity index (χ0n) is 15.2. The van der Waals surface area contributed by atoms with Gasteiger partial charge in [0.25, 0.3) is 5.56 Å². The Bertz CT molecular complexity index is 784. The Balaban J connectivity index is 1.55. The second kappa shape index (κ2) is 7.68. The highest BCUT2D eigenvalue weighted by atomic mass is 16.5. The second-order valence-electron chi connectivity index (χ2n) is 7.58. The number of hydrogen-bond donors (Lipinski definition) is 1. The number of nitrogens with zero attached hydrogens (tertiary/aromatic N) is 3. The van der Waals surface area contributed by atoms with Gasteiger partial charge in [-0.05, 0) is 49.8 Å². The molecule has 6 nitrogen and oxygen atoms in total. The van der Waals surface area contributed by atoms with Crippen molar-refractivity contribution in [2.75, 3.05) is 13.2 Å². The zero-order chi connectivity index (χ0) is 17.9. The summed E-state index contributed by atoms with van der Waals surface area (Å²) in [6, 6.07) is 7.75. The largest absolute Gasteiger partial charge is 0.377 e. The van der Waals surface area contributed by atoms with Gasteiger partial charge in [0, 0.05) is 30.1 Å². The Hall–Kier alpha value is -2.05. The molecule has 2 unspecified atom stereocenters. The minimum Gasteiger partial charge on any atom is -0.377 e. The van der Waals surface area contributed by atoms with Crippen molar-refractivity contribution in [2.45, 2.75) is 50.7 Å². The molecule has 1 N–H and O–H groups in total. The summed E-state index contributed by atoms with van der Waals surface area (Å²) in [5.41, 5.74) is 1.58. The first-order valence-electron chi connectivity index (χ1n) is 9.55. The predicted molar refractivity (Wildman–Crippen MR) is 99.9 cm³/mol. The van der Waals surface area contributed by atoms with Crippen LogP contribution in [0.2, 0.25) is 0 Å². The van der Waals surface area contributed by atoms with Gasteiger partial charge in [0.2, 0.25) is 0 Å². The highest BCUT2D eigenvalue weighted by molar-refractivity contribution is 5.56. The van der Waals surface area contributed by atoms with Crippen LogP contribution in [0.4, 0.5) is 0 Å². The molecule has 1 aliphatic carbocycles. The van der Waals surface area contributed by atoms with Crippen LogP contribution in [0.15, 0.2) is 41.5 Å². The van der Waals surface area contributed by atoms with E-state index in [2.05, 4.69) is 22.3 Å². The van der Waals surface area contributed by atoms with Gasteiger partial charge in [-0.15, -0.1) is 0 Å². The summed E-state index contributed by atoms with van der Waals surface area (Å²) in [5, 5.41) is 8.36. The fourth-order valence-electron chi connectivity index (χ4n) is 4.00. The van der Waals surface area contributed by atoms with Crippen molar-refractivity contribution in [3.63, 3.8) is 0 Å². The minimum absolute atomic E-state index is 0.0709. The van der Waals surface area contributed by atoms with Gasteiger partial charge in [0.05, 0.1) is 31.0 Å². The van der Waals surface area contributed by atoms with Gasteiger partial charge in [0.1, 0.15) is 0 Å². The molecule has 0 aromatic carbocycles. The molecule has 0 spiro atoms. The SMILES string of the molecule is CC1CCC(NC2COCC2n2nc(-c3cccnc3)ccc2=O)CC1. The molecule has 1 saturated heterocycles. The summed E-state index contributed by atoms with van der Waals surface area (Å²) in [7, 11) is 0. The third kappa shape index (κ3) is 3.71. The smallest absolute Gasteiger partial charge is 0.267 e. The summed E-state index contributed by atoms with van der Waals surface area (Å²) < 4.78 is 7.31. The van der Waals surface area contributed by atoms with Gasteiger partial charge in [-0.2, -0.15) is 5.10 Å². The maximum absolute atomic E-state index is 12.5. The molecule has 1 saturated carbocycles. The van der Waals surface area contributed by atoms with Crippen LogP contribution in [0.25, 0.3) is 11.3 Å². The summed E-state index contributed by atoms with van der Waals surface area (Å²) in [5.74, 6) is 0.823. The quantitative estimate of drug-likeness (QED) is 0.913. The topological polar surface area (TPSA) is 69.0 Å². The van der Waals surface area contributed by atoms with Crippen LogP contribution in [-0.4, -0.2) is 40.1 Å². The van der Waals surface area contributed by atoms with E-state index in [0.717, 1.165) is 17.2 Å². The highest BCUT2D eigenvalue weighted by Gasteiger charge is 2.33. The van der Waals surface area contributed by atoms with Crippen molar-refractivity contribution in [3.05, 3.63) is 47.0 Å². The lowest BCUT2D eigenvalue weighted by Gasteiger charge is -2.31. The highest BCUT2D eigenvalue weighted by Crippen LogP contribution is 2.26. The average Bonchev–Trinajstić information content (AvgIpc) is 3.13. The van der Waals surface area contributed by atoms with Gasteiger partial charge < -0.3 is 10.1 Å². The Morgan fingerprint density at radius 1 is 1.15 bits per heavy atom. The number of ether oxygens (including phenoxy) is 1. The van der Waals surface area contributed by atoms with E-state index in [9.17, 15) is 4.79 Å². The third-order valence-corrected chi connectivity index (χ3v) is 5.61. The van der Waals surface area contributed by atoms with E-state index in [-0.39, 0.29) is 17.6 Å². The maximum atomic E-state index is 12.5. The molecule has 2 fully saturated rings. The molecule has 2 aliphatic rings. The van der Waals surface area contributed by atoms with Crippen molar-refractivity contribution in [1.82, 2.24) is 20.1 Å². The van der Waals surface area contributed by atoms with Crippen LogP contribution in [0, 0.1) is 5.92 Å². The normalized spacial score (nSPS) is 29.0. The molecular formula is C20H26N4O2. The predicted octanol–water partition coefficient (Wildman–Crippen LogP) is 2.41. The molecule has 138 valence electrons. The van der Waals surface area contributed by atoms with Gasteiger partial charge in [-0.1, -0.05) is 6.92 Å². The van der Waals surface area contributed by atoms with Crippen LogP contribution in [0.5, 0.6) is 0 Å². The summed E-state index contributed by atoms with van der Waals surface area (Å²) in [6.45, 7) is 3.47. The van der Waals surface area contributed by atoms with Crippen molar-refractivity contribution >= 4 is 0 Å².